The molecule has 0 bridgehead atoms. The molecule has 0 fully saturated rings. The highest BCUT2D eigenvalue weighted by Gasteiger charge is 2.07. The highest BCUT2D eigenvalue weighted by atomic mass is 16.1. The molecule has 0 atom stereocenters. The molecule has 0 saturated carbocycles. The third-order valence-electron chi connectivity index (χ3n) is 3.26. The van der Waals surface area contributed by atoms with Gasteiger partial charge in [0.2, 0.25) is 5.95 Å². The summed E-state index contributed by atoms with van der Waals surface area (Å²) >= 11 is 0. The van der Waals surface area contributed by atoms with Gasteiger partial charge in [-0.1, -0.05) is 12.1 Å². The van der Waals surface area contributed by atoms with Crippen LogP contribution in [0, 0.1) is 6.92 Å². The van der Waals surface area contributed by atoms with Gasteiger partial charge in [0, 0.05) is 24.6 Å². The zero-order valence-electron chi connectivity index (χ0n) is 13.8. The second-order valence-electron chi connectivity index (χ2n) is 5.70. The number of amides is 1. The summed E-state index contributed by atoms with van der Waals surface area (Å²) in [6.45, 7) is 3.60. The molecule has 1 aromatic carbocycles. The van der Waals surface area contributed by atoms with Gasteiger partial charge >= 0.3 is 0 Å². The molecule has 1 amide bonds. The number of aromatic nitrogens is 2. The average Bonchev–Trinajstić information content (AvgIpc) is 2.52. The summed E-state index contributed by atoms with van der Waals surface area (Å²) in [5.41, 5.74) is 2.54. The molecule has 0 aliphatic heterocycles. The Labute approximate surface area is 137 Å². The van der Waals surface area contributed by atoms with E-state index in [4.69, 9.17) is 0 Å². The quantitative estimate of drug-likeness (QED) is 0.767. The highest BCUT2D eigenvalue weighted by Crippen LogP contribution is 2.13. The second kappa shape index (κ2) is 8.24. The van der Waals surface area contributed by atoms with E-state index in [9.17, 15) is 4.79 Å². The van der Waals surface area contributed by atoms with Gasteiger partial charge in [0.1, 0.15) is 0 Å². The van der Waals surface area contributed by atoms with E-state index in [2.05, 4.69) is 25.5 Å². The van der Waals surface area contributed by atoms with E-state index in [0.717, 1.165) is 24.2 Å². The summed E-state index contributed by atoms with van der Waals surface area (Å²) in [4.78, 5) is 22.4. The lowest BCUT2D eigenvalue weighted by molar-refractivity contribution is 0.0951. The zero-order valence-corrected chi connectivity index (χ0v) is 13.8. The fourth-order valence-corrected chi connectivity index (χ4v) is 2.06. The van der Waals surface area contributed by atoms with Crippen LogP contribution in [0.25, 0.3) is 0 Å². The topological polar surface area (TPSA) is 70.2 Å². The lowest BCUT2D eigenvalue weighted by Crippen LogP contribution is -2.27. The van der Waals surface area contributed by atoms with Crippen LogP contribution in [0.5, 0.6) is 0 Å². The summed E-state index contributed by atoms with van der Waals surface area (Å²) in [5, 5.41) is 5.98. The third kappa shape index (κ3) is 5.67. The van der Waals surface area contributed by atoms with E-state index in [0.29, 0.717) is 18.1 Å². The molecule has 6 heteroatoms. The average molecular weight is 313 g/mol. The van der Waals surface area contributed by atoms with Crippen LogP contribution in [-0.2, 0) is 0 Å². The van der Waals surface area contributed by atoms with E-state index in [1.165, 1.54) is 12.4 Å². The first kappa shape index (κ1) is 16.9. The fourth-order valence-electron chi connectivity index (χ4n) is 2.06. The van der Waals surface area contributed by atoms with Gasteiger partial charge in [0.15, 0.2) is 0 Å². The van der Waals surface area contributed by atoms with Crippen LogP contribution in [0.3, 0.4) is 0 Å². The predicted molar refractivity (Wildman–Crippen MR) is 92.0 cm³/mol. The fraction of sp³-hybridized carbons (Fsp3) is 0.353. The first-order valence-corrected chi connectivity index (χ1v) is 7.63. The molecule has 2 rings (SSSR count). The van der Waals surface area contributed by atoms with Crippen molar-refractivity contribution in [2.24, 2.45) is 0 Å². The molecule has 0 saturated heterocycles. The first-order chi connectivity index (χ1) is 11.0. The number of carbonyl (C=O) groups excluding carboxylic acids is 1. The summed E-state index contributed by atoms with van der Waals surface area (Å²) in [6.07, 6.45) is 3.98. The number of nitrogens with zero attached hydrogens (tertiary/aromatic N) is 3. The zero-order chi connectivity index (χ0) is 16.7. The largest absolute Gasteiger partial charge is 0.352 e. The number of anilines is 2. The van der Waals surface area contributed by atoms with Crippen molar-refractivity contribution < 1.29 is 4.79 Å². The number of rotatable bonds is 7. The maximum atomic E-state index is 12.0. The number of nitrogens with one attached hydrogen (secondary N) is 2. The van der Waals surface area contributed by atoms with Crippen LogP contribution in [-0.4, -0.2) is 48.0 Å². The van der Waals surface area contributed by atoms with E-state index in [1.54, 1.807) is 0 Å². The Morgan fingerprint density at radius 2 is 1.96 bits per heavy atom. The van der Waals surface area contributed by atoms with Crippen molar-refractivity contribution in [1.29, 1.82) is 0 Å². The van der Waals surface area contributed by atoms with Gasteiger partial charge < -0.3 is 15.5 Å². The molecular weight excluding hydrogens is 290 g/mol. The highest BCUT2D eigenvalue weighted by molar-refractivity contribution is 5.93. The monoisotopic (exact) mass is 313 g/mol. The van der Waals surface area contributed by atoms with Gasteiger partial charge in [-0.25, -0.2) is 9.97 Å². The van der Waals surface area contributed by atoms with Crippen LogP contribution >= 0.6 is 0 Å². The van der Waals surface area contributed by atoms with Gasteiger partial charge in [-0.3, -0.25) is 4.79 Å². The van der Waals surface area contributed by atoms with Crippen molar-refractivity contribution in [3.05, 3.63) is 47.8 Å². The van der Waals surface area contributed by atoms with E-state index >= 15 is 0 Å². The Morgan fingerprint density at radius 3 is 2.61 bits per heavy atom. The SMILES string of the molecule is Cc1cccc(Nc2ncc(C(=O)NCCCN(C)C)cn2)c1. The smallest absolute Gasteiger partial charge is 0.254 e. The second-order valence-corrected chi connectivity index (χ2v) is 5.70. The van der Waals surface area contributed by atoms with E-state index < -0.39 is 0 Å². The van der Waals surface area contributed by atoms with Crippen LogP contribution in [0.4, 0.5) is 11.6 Å². The van der Waals surface area contributed by atoms with Crippen LogP contribution in [0.15, 0.2) is 36.7 Å². The number of carbonyl (C=O) groups is 1. The number of benzene rings is 1. The molecule has 23 heavy (non-hydrogen) atoms. The normalized spacial score (nSPS) is 10.6. The van der Waals surface area contributed by atoms with Crippen molar-refractivity contribution in [2.75, 3.05) is 32.5 Å². The molecule has 1 heterocycles. The number of aryl methyl sites for hydroxylation is 1. The minimum absolute atomic E-state index is 0.147. The lowest BCUT2D eigenvalue weighted by Gasteiger charge is -2.10. The van der Waals surface area contributed by atoms with Gasteiger partial charge in [-0.15, -0.1) is 0 Å². The summed E-state index contributed by atoms with van der Waals surface area (Å²) in [5.74, 6) is 0.325. The van der Waals surface area contributed by atoms with Crippen molar-refractivity contribution >= 4 is 17.5 Å². The van der Waals surface area contributed by atoms with E-state index in [1.807, 2.05) is 45.3 Å². The van der Waals surface area contributed by atoms with Gasteiger partial charge in [-0.05, 0) is 51.7 Å². The number of hydrogen-bond donors (Lipinski definition) is 2. The molecule has 0 aliphatic carbocycles. The Bertz CT molecular complexity index is 640. The molecule has 2 N–H and O–H groups in total. The molecule has 122 valence electrons. The number of hydrogen-bond acceptors (Lipinski definition) is 5. The minimum Gasteiger partial charge on any atom is -0.352 e. The summed E-state index contributed by atoms with van der Waals surface area (Å²) in [6, 6.07) is 7.94. The molecule has 2 aromatic rings. The Kier molecular flexibility index (Phi) is 6.05. The standard InChI is InChI=1S/C17H23N5O/c1-13-6-4-7-15(10-13)21-17-19-11-14(12-20-17)16(23)18-8-5-9-22(2)3/h4,6-7,10-12H,5,8-9H2,1-3H3,(H,18,23)(H,19,20,21). The van der Waals surface area contributed by atoms with Crippen molar-refractivity contribution in [2.45, 2.75) is 13.3 Å². The summed E-state index contributed by atoms with van der Waals surface area (Å²) in [7, 11) is 4.02. The molecule has 6 nitrogen and oxygen atoms in total. The maximum Gasteiger partial charge on any atom is 0.254 e. The molecule has 0 unspecified atom stereocenters. The lowest BCUT2D eigenvalue weighted by atomic mass is 10.2. The van der Waals surface area contributed by atoms with Crippen molar-refractivity contribution in [1.82, 2.24) is 20.2 Å². The molecule has 0 aliphatic rings. The summed E-state index contributed by atoms with van der Waals surface area (Å²) < 4.78 is 0. The van der Waals surface area contributed by atoms with Crippen LogP contribution < -0.4 is 10.6 Å². The molecule has 0 radical (unpaired) electrons. The van der Waals surface area contributed by atoms with Gasteiger partial charge in [0.05, 0.1) is 5.56 Å². The predicted octanol–water partition coefficient (Wildman–Crippen LogP) is 2.21. The molecule has 1 aromatic heterocycles. The van der Waals surface area contributed by atoms with E-state index in [-0.39, 0.29) is 5.91 Å². The Balaban J connectivity index is 1.87. The Morgan fingerprint density at radius 1 is 1.22 bits per heavy atom. The van der Waals surface area contributed by atoms with Crippen LogP contribution in [0.2, 0.25) is 0 Å². The third-order valence-corrected chi connectivity index (χ3v) is 3.26. The maximum absolute atomic E-state index is 12.0. The Hall–Kier alpha value is -2.47. The molecular formula is C17H23N5O. The minimum atomic E-state index is -0.147. The van der Waals surface area contributed by atoms with Gasteiger partial charge in [-0.2, -0.15) is 0 Å². The first-order valence-electron chi connectivity index (χ1n) is 7.63. The van der Waals surface area contributed by atoms with Crippen molar-refractivity contribution in [3.8, 4) is 0 Å². The van der Waals surface area contributed by atoms with Crippen molar-refractivity contribution in [3.63, 3.8) is 0 Å². The van der Waals surface area contributed by atoms with Gasteiger partial charge in [0.25, 0.3) is 5.91 Å². The molecule has 0 spiro atoms. The van der Waals surface area contributed by atoms with Crippen LogP contribution in [0.1, 0.15) is 22.3 Å².